The summed E-state index contributed by atoms with van der Waals surface area (Å²) in [7, 11) is -1.46. The topological polar surface area (TPSA) is 105 Å². The van der Waals surface area contributed by atoms with Crippen LogP contribution in [0.2, 0.25) is 5.02 Å². The first kappa shape index (κ1) is 35.3. The molecule has 47 heavy (non-hydrogen) atoms. The maximum absolute atomic E-state index is 14.6. The van der Waals surface area contributed by atoms with Gasteiger partial charge in [-0.3, -0.25) is 13.9 Å². The number of sulfonamides is 1. The quantitative estimate of drug-likeness (QED) is 0.165. The van der Waals surface area contributed by atoms with Gasteiger partial charge in [-0.1, -0.05) is 84.8 Å². The number of benzene rings is 4. The highest BCUT2D eigenvalue weighted by atomic mass is 35.5. The Bertz CT molecular complexity index is 1770. The molecule has 0 aliphatic carbocycles. The Hall–Kier alpha value is -4.54. The van der Waals surface area contributed by atoms with Crippen molar-refractivity contribution in [3.8, 4) is 11.5 Å². The van der Waals surface area contributed by atoms with Gasteiger partial charge in [0.1, 0.15) is 12.6 Å². The summed E-state index contributed by atoms with van der Waals surface area (Å²) in [6.45, 7) is 3.64. The minimum absolute atomic E-state index is 0.0201. The van der Waals surface area contributed by atoms with Crippen LogP contribution in [0.5, 0.6) is 11.5 Å². The van der Waals surface area contributed by atoms with E-state index in [-0.39, 0.29) is 35.2 Å². The highest BCUT2D eigenvalue weighted by Crippen LogP contribution is 2.33. The van der Waals surface area contributed by atoms with Crippen LogP contribution in [0, 0.1) is 6.92 Å². The fraction of sp³-hybridized carbons (Fsp3) is 0.278. The molecule has 0 saturated carbocycles. The Morgan fingerprint density at radius 1 is 0.872 bits per heavy atom. The minimum Gasteiger partial charge on any atom is -0.493 e. The Labute approximate surface area is 282 Å². The van der Waals surface area contributed by atoms with E-state index in [1.165, 1.54) is 37.3 Å². The SMILES string of the molecule is CCCNC(=O)[C@H](Cc1ccccc1)N(Cc1ccccc1Cl)C(=O)CN(c1ccc(C)cc1)S(=O)(=O)c1ccc(OC)c(OC)c1. The zero-order chi connectivity index (χ0) is 34.0. The van der Waals surface area contributed by atoms with Gasteiger partial charge in [-0.05, 0) is 54.8 Å². The summed E-state index contributed by atoms with van der Waals surface area (Å²) in [5, 5.41) is 3.36. The van der Waals surface area contributed by atoms with Crippen LogP contribution in [0.1, 0.15) is 30.0 Å². The van der Waals surface area contributed by atoms with E-state index < -0.39 is 28.5 Å². The van der Waals surface area contributed by atoms with E-state index in [0.29, 0.717) is 29.3 Å². The van der Waals surface area contributed by atoms with Crippen LogP contribution in [-0.2, 0) is 32.6 Å². The van der Waals surface area contributed by atoms with E-state index in [2.05, 4.69) is 5.32 Å². The van der Waals surface area contributed by atoms with Gasteiger partial charge in [0.2, 0.25) is 11.8 Å². The molecule has 248 valence electrons. The first-order valence-electron chi connectivity index (χ1n) is 15.2. The summed E-state index contributed by atoms with van der Waals surface area (Å²) in [4.78, 5) is 29.7. The van der Waals surface area contributed by atoms with Crippen molar-refractivity contribution in [2.45, 2.75) is 44.2 Å². The number of nitrogens with zero attached hydrogens (tertiary/aromatic N) is 2. The van der Waals surface area contributed by atoms with Crippen LogP contribution in [-0.4, -0.2) is 58.5 Å². The van der Waals surface area contributed by atoms with Crippen LogP contribution in [0.25, 0.3) is 0 Å². The van der Waals surface area contributed by atoms with Crippen molar-refractivity contribution in [2.24, 2.45) is 0 Å². The summed E-state index contributed by atoms with van der Waals surface area (Å²) in [5.41, 5.74) is 2.66. The van der Waals surface area contributed by atoms with Crippen molar-refractivity contribution >= 4 is 39.1 Å². The highest BCUT2D eigenvalue weighted by molar-refractivity contribution is 7.92. The fourth-order valence-corrected chi connectivity index (χ4v) is 6.70. The number of hydrogen-bond acceptors (Lipinski definition) is 6. The molecule has 11 heteroatoms. The third kappa shape index (κ3) is 8.84. The normalized spacial score (nSPS) is 11.8. The molecule has 0 saturated heterocycles. The van der Waals surface area contributed by atoms with Crippen LogP contribution in [0.15, 0.2) is 102 Å². The standard InChI is InChI=1S/C36H40ClN3O6S/c1-5-21-38-36(42)32(22-27-11-7-6-8-12-27)39(24-28-13-9-10-14-31(28)37)35(41)25-40(29-17-15-26(2)16-18-29)47(43,44)30-19-20-33(45-3)34(23-30)46-4/h6-20,23,32H,5,21-22,24-25H2,1-4H3,(H,38,42)/t32-/m0/s1. The van der Waals surface area contributed by atoms with E-state index in [1.807, 2.05) is 44.2 Å². The van der Waals surface area contributed by atoms with Crippen LogP contribution in [0.3, 0.4) is 0 Å². The molecule has 9 nitrogen and oxygen atoms in total. The van der Waals surface area contributed by atoms with Crippen molar-refractivity contribution < 1.29 is 27.5 Å². The van der Waals surface area contributed by atoms with E-state index in [1.54, 1.807) is 48.5 Å². The second-order valence-corrected chi connectivity index (χ2v) is 13.2. The fourth-order valence-electron chi connectivity index (χ4n) is 5.07. The predicted octanol–water partition coefficient (Wildman–Crippen LogP) is 6.03. The number of halogens is 1. The molecule has 0 radical (unpaired) electrons. The molecule has 4 rings (SSSR count). The van der Waals surface area contributed by atoms with Crippen molar-refractivity contribution in [1.82, 2.24) is 10.2 Å². The second-order valence-electron chi connectivity index (χ2n) is 11.0. The number of nitrogens with one attached hydrogen (secondary N) is 1. The van der Waals surface area contributed by atoms with Crippen LogP contribution in [0.4, 0.5) is 5.69 Å². The van der Waals surface area contributed by atoms with Gasteiger partial charge in [0.05, 0.1) is 24.8 Å². The predicted molar refractivity (Wildman–Crippen MR) is 184 cm³/mol. The smallest absolute Gasteiger partial charge is 0.264 e. The number of ether oxygens (including phenoxy) is 2. The van der Waals surface area contributed by atoms with Gasteiger partial charge in [0.25, 0.3) is 10.0 Å². The Balaban J connectivity index is 1.82. The zero-order valence-electron chi connectivity index (χ0n) is 27.0. The molecular weight excluding hydrogens is 638 g/mol. The molecule has 1 atom stereocenters. The highest BCUT2D eigenvalue weighted by Gasteiger charge is 2.35. The summed E-state index contributed by atoms with van der Waals surface area (Å²) in [6, 6.07) is 26.6. The lowest BCUT2D eigenvalue weighted by atomic mass is 10.0. The molecule has 0 unspecified atom stereocenters. The number of carbonyl (C=O) groups excluding carboxylic acids is 2. The zero-order valence-corrected chi connectivity index (χ0v) is 28.6. The first-order chi connectivity index (χ1) is 22.6. The number of rotatable bonds is 15. The maximum Gasteiger partial charge on any atom is 0.264 e. The summed E-state index contributed by atoms with van der Waals surface area (Å²) in [6.07, 6.45) is 0.909. The lowest BCUT2D eigenvalue weighted by molar-refractivity contribution is -0.140. The number of carbonyl (C=O) groups is 2. The van der Waals surface area contributed by atoms with E-state index in [0.717, 1.165) is 15.4 Å². The molecule has 1 N–H and O–H groups in total. The lowest BCUT2D eigenvalue weighted by Gasteiger charge is -2.34. The third-order valence-corrected chi connectivity index (χ3v) is 9.80. The molecule has 4 aromatic rings. The summed E-state index contributed by atoms with van der Waals surface area (Å²) < 4.78 is 40.4. The molecule has 0 aliphatic heterocycles. The van der Waals surface area contributed by atoms with Gasteiger partial charge in [0.15, 0.2) is 11.5 Å². The van der Waals surface area contributed by atoms with E-state index in [4.69, 9.17) is 21.1 Å². The molecule has 0 bridgehead atoms. The van der Waals surface area contributed by atoms with E-state index >= 15 is 0 Å². The summed E-state index contributed by atoms with van der Waals surface area (Å²) >= 11 is 6.56. The Morgan fingerprint density at radius 3 is 2.17 bits per heavy atom. The molecule has 2 amide bonds. The van der Waals surface area contributed by atoms with Gasteiger partial charge >= 0.3 is 0 Å². The average Bonchev–Trinajstić information content (AvgIpc) is 3.08. The van der Waals surface area contributed by atoms with Gasteiger partial charge in [0, 0.05) is 30.6 Å². The van der Waals surface area contributed by atoms with Crippen LogP contribution >= 0.6 is 11.6 Å². The number of hydrogen-bond donors (Lipinski definition) is 1. The number of methoxy groups -OCH3 is 2. The van der Waals surface area contributed by atoms with Gasteiger partial charge < -0.3 is 19.7 Å². The number of aryl methyl sites for hydroxylation is 1. The van der Waals surface area contributed by atoms with Crippen molar-refractivity contribution in [3.63, 3.8) is 0 Å². The number of anilines is 1. The molecule has 0 aromatic heterocycles. The molecule has 0 spiro atoms. The van der Waals surface area contributed by atoms with Gasteiger partial charge in [-0.15, -0.1) is 0 Å². The van der Waals surface area contributed by atoms with Gasteiger partial charge in [-0.2, -0.15) is 0 Å². The largest absolute Gasteiger partial charge is 0.493 e. The first-order valence-corrected chi connectivity index (χ1v) is 17.1. The average molecular weight is 678 g/mol. The lowest BCUT2D eigenvalue weighted by Crippen LogP contribution is -2.53. The second kappa shape index (κ2) is 16.3. The van der Waals surface area contributed by atoms with Crippen molar-refractivity contribution in [1.29, 1.82) is 0 Å². The minimum atomic E-state index is -4.33. The van der Waals surface area contributed by atoms with Crippen LogP contribution < -0.4 is 19.1 Å². The van der Waals surface area contributed by atoms with Crippen molar-refractivity contribution in [2.75, 3.05) is 31.6 Å². The molecule has 4 aromatic carbocycles. The van der Waals surface area contributed by atoms with Gasteiger partial charge in [-0.25, -0.2) is 8.42 Å². The van der Waals surface area contributed by atoms with Crippen molar-refractivity contribution in [3.05, 3.63) is 119 Å². The Kier molecular flexibility index (Phi) is 12.3. The summed E-state index contributed by atoms with van der Waals surface area (Å²) in [5.74, 6) is -0.348. The Morgan fingerprint density at radius 2 is 1.53 bits per heavy atom. The molecular formula is C36H40ClN3O6S. The molecule has 0 fully saturated rings. The number of amides is 2. The molecule has 0 heterocycles. The van der Waals surface area contributed by atoms with E-state index in [9.17, 15) is 18.0 Å². The molecule has 0 aliphatic rings. The maximum atomic E-state index is 14.6. The monoisotopic (exact) mass is 677 g/mol. The third-order valence-electron chi connectivity index (χ3n) is 7.66.